The van der Waals surface area contributed by atoms with Gasteiger partial charge < -0.3 is 14.8 Å². The molecule has 0 amide bonds. The van der Waals surface area contributed by atoms with Crippen molar-refractivity contribution >= 4 is 0 Å². The third-order valence-electron chi connectivity index (χ3n) is 4.21. The van der Waals surface area contributed by atoms with Crippen molar-refractivity contribution in [3.05, 3.63) is 52.9 Å². The lowest BCUT2D eigenvalue weighted by molar-refractivity contribution is 0.0738. The fraction of sp³-hybridized carbons (Fsp3) is 0.353. The molecule has 3 rings (SSSR count). The van der Waals surface area contributed by atoms with Crippen LogP contribution >= 0.6 is 0 Å². The molecule has 110 valence electrons. The number of aliphatic hydroxyl groups excluding tert-OH is 1. The predicted molar refractivity (Wildman–Crippen MR) is 81.3 cm³/mol. The second-order valence-corrected chi connectivity index (χ2v) is 5.60. The van der Waals surface area contributed by atoms with Crippen LogP contribution in [-0.2, 0) is 0 Å². The molecule has 1 aliphatic carbocycles. The SMILES string of the molecule is O=c1cc(-c2ccccc2O)ccn1[C@H]1CCCC[C@@H]1O. The van der Waals surface area contributed by atoms with Crippen molar-refractivity contribution in [2.45, 2.75) is 37.8 Å². The van der Waals surface area contributed by atoms with Crippen molar-refractivity contribution in [3.8, 4) is 16.9 Å². The van der Waals surface area contributed by atoms with Gasteiger partial charge in [-0.1, -0.05) is 31.0 Å². The second kappa shape index (κ2) is 5.74. The Morgan fingerprint density at radius 1 is 1.10 bits per heavy atom. The van der Waals surface area contributed by atoms with Gasteiger partial charge in [-0.05, 0) is 30.5 Å². The molecule has 1 aliphatic rings. The summed E-state index contributed by atoms with van der Waals surface area (Å²) in [5, 5.41) is 19.9. The van der Waals surface area contributed by atoms with Crippen LogP contribution in [0, 0.1) is 0 Å². The third kappa shape index (κ3) is 2.72. The number of hydrogen-bond acceptors (Lipinski definition) is 3. The van der Waals surface area contributed by atoms with Gasteiger partial charge in [-0.25, -0.2) is 0 Å². The van der Waals surface area contributed by atoms with Crippen LogP contribution in [0.2, 0.25) is 0 Å². The molecule has 2 N–H and O–H groups in total. The summed E-state index contributed by atoms with van der Waals surface area (Å²) in [6, 6.07) is 10.2. The smallest absolute Gasteiger partial charge is 0.251 e. The van der Waals surface area contributed by atoms with E-state index in [2.05, 4.69) is 0 Å². The minimum atomic E-state index is -0.451. The number of para-hydroxylation sites is 1. The Morgan fingerprint density at radius 2 is 1.86 bits per heavy atom. The number of benzene rings is 1. The maximum absolute atomic E-state index is 12.3. The largest absolute Gasteiger partial charge is 0.507 e. The van der Waals surface area contributed by atoms with E-state index in [9.17, 15) is 15.0 Å². The van der Waals surface area contributed by atoms with Crippen molar-refractivity contribution in [2.24, 2.45) is 0 Å². The van der Waals surface area contributed by atoms with E-state index < -0.39 is 6.10 Å². The highest BCUT2D eigenvalue weighted by molar-refractivity contribution is 5.69. The second-order valence-electron chi connectivity index (χ2n) is 5.60. The highest BCUT2D eigenvalue weighted by Crippen LogP contribution is 2.30. The van der Waals surface area contributed by atoms with E-state index in [0.29, 0.717) is 11.1 Å². The average Bonchev–Trinajstić information content (AvgIpc) is 2.49. The Morgan fingerprint density at radius 3 is 2.57 bits per heavy atom. The van der Waals surface area contributed by atoms with Crippen LogP contribution < -0.4 is 5.56 Å². The summed E-state index contributed by atoms with van der Waals surface area (Å²) in [5.41, 5.74) is 1.20. The number of pyridine rings is 1. The summed E-state index contributed by atoms with van der Waals surface area (Å²) in [4.78, 5) is 12.3. The number of phenolic OH excluding ortho intramolecular Hbond substituents is 1. The first-order chi connectivity index (χ1) is 10.2. The van der Waals surface area contributed by atoms with E-state index in [-0.39, 0.29) is 17.4 Å². The van der Waals surface area contributed by atoms with Crippen molar-refractivity contribution in [3.63, 3.8) is 0 Å². The van der Waals surface area contributed by atoms with Crippen molar-refractivity contribution < 1.29 is 10.2 Å². The molecular weight excluding hydrogens is 266 g/mol. The van der Waals surface area contributed by atoms with E-state index >= 15 is 0 Å². The quantitative estimate of drug-likeness (QED) is 0.891. The van der Waals surface area contributed by atoms with Gasteiger partial charge in [0.15, 0.2) is 0 Å². The van der Waals surface area contributed by atoms with E-state index in [1.165, 1.54) is 6.07 Å². The Kier molecular flexibility index (Phi) is 3.80. The van der Waals surface area contributed by atoms with Gasteiger partial charge in [0.2, 0.25) is 0 Å². The minimum absolute atomic E-state index is 0.135. The van der Waals surface area contributed by atoms with Crippen LogP contribution in [0.3, 0.4) is 0 Å². The predicted octanol–water partition coefficient (Wildman–Crippen LogP) is 2.70. The molecule has 1 heterocycles. The van der Waals surface area contributed by atoms with Gasteiger partial charge in [-0.2, -0.15) is 0 Å². The monoisotopic (exact) mass is 285 g/mol. The molecule has 0 aliphatic heterocycles. The molecule has 0 bridgehead atoms. The first kappa shape index (κ1) is 13.9. The van der Waals surface area contributed by atoms with Gasteiger partial charge in [-0.3, -0.25) is 4.79 Å². The molecule has 0 unspecified atom stereocenters. The molecule has 1 aromatic heterocycles. The van der Waals surface area contributed by atoms with E-state index in [0.717, 1.165) is 25.7 Å². The lowest BCUT2D eigenvalue weighted by atomic mass is 9.92. The van der Waals surface area contributed by atoms with Crippen LogP contribution in [0.15, 0.2) is 47.4 Å². The van der Waals surface area contributed by atoms with Crippen LogP contribution in [-0.4, -0.2) is 20.9 Å². The van der Waals surface area contributed by atoms with Crippen LogP contribution in [0.1, 0.15) is 31.7 Å². The van der Waals surface area contributed by atoms with Gasteiger partial charge in [0.1, 0.15) is 5.75 Å². The first-order valence-corrected chi connectivity index (χ1v) is 7.35. The standard InChI is InChI=1S/C17H19NO3/c19-15-7-3-1-5-13(15)12-9-10-18(17(21)11-12)14-6-2-4-8-16(14)20/h1,3,5,7,9-11,14,16,19-20H,2,4,6,8H2/t14-,16-/m0/s1. The number of nitrogens with zero attached hydrogens (tertiary/aromatic N) is 1. The maximum atomic E-state index is 12.3. The molecule has 2 atom stereocenters. The summed E-state index contributed by atoms with van der Waals surface area (Å²) in [6.07, 6.45) is 4.91. The molecule has 0 saturated heterocycles. The molecular formula is C17H19NO3. The summed E-state index contributed by atoms with van der Waals surface area (Å²) < 4.78 is 1.62. The molecule has 1 fully saturated rings. The normalized spacial score (nSPS) is 22.1. The molecule has 0 radical (unpaired) electrons. The summed E-state index contributed by atoms with van der Waals surface area (Å²) in [5.74, 6) is 0.160. The minimum Gasteiger partial charge on any atom is -0.507 e. The zero-order chi connectivity index (χ0) is 14.8. The Bertz CT molecular complexity index is 692. The zero-order valence-electron chi connectivity index (χ0n) is 11.8. The fourth-order valence-electron chi connectivity index (χ4n) is 3.07. The van der Waals surface area contributed by atoms with Gasteiger partial charge in [0, 0.05) is 17.8 Å². The highest BCUT2D eigenvalue weighted by atomic mass is 16.3. The fourth-order valence-corrected chi connectivity index (χ4v) is 3.07. The molecule has 1 aromatic carbocycles. The third-order valence-corrected chi connectivity index (χ3v) is 4.21. The lowest BCUT2D eigenvalue weighted by Gasteiger charge is -2.29. The first-order valence-electron chi connectivity index (χ1n) is 7.35. The number of aromatic nitrogens is 1. The maximum Gasteiger partial charge on any atom is 0.251 e. The Labute approximate surface area is 123 Å². The molecule has 0 spiro atoms. The molecule has 2 aromatic rings. The van der Waals surface area contributed by atoms with E-state index in [1.54, 1.807) is 29.0 Å². The van der Waals surface area contributed by atoms with Gasteiger partial charge in [0.05, 0.1) is 12.1 Å². The Balaban J connectivity index is 1.97. The Hall–Kier alpha value is -2.07. The average molecular weight is 285 g/mol. The van der Waals surface area contributed by atoms with Crippen LogP contribution in [0.5, 0.6) is 5.75 Å². The lowest BCUT2D eigenvalue weighted by Crippen LogP contribution is -2.34. The van der Waals surface area contributed by atoms with Crippen molar-refractivity contribution in [1.82, 2.24) is 4.57 Å². The van der Waals surface area contributed by atoms with E-state index in [1.807, 2.05) is 12.1 Å². The molecule has 4 nitrogen and oxygen atoms in total. The summed E-state index contributed by atoms with van der Waals surface area (Å²) in [7, 11) is 0. The molecule has 1 saturated carbocycles. The van der Waals surface area contributed by atoms with Gasteiger partial charge in [-0.15, -0.1) is 0 Å². The summed E-state index contributed by atoms with van der Waals surface area (Å²) in [6.45, 7) is 0. The topological polar surface area (TPSA) is 62.5 Å². The van der Waals surface area contributed by atoms with Gasteiger partial charge in [0.25, 0.3) is 5.56 Å². The highest BCUT2D eigenvalue weighted by Gasteiger charge is 2.25. The number of hydrogen-bond donors (Lipinski definition) is 2. The number of rotatable bonds is 2. The van der Waals surface area contributed by atoms with Crippen molar-refractivity contribution in [2.75, 3.05) is 0 Å². The summed E-state index contributed by atoms with van der Waals surface area (Å²) >= 11 is 0. The van der Waals surface area contributed by atoms with Crippen LogP contribution in [0.4, 0.5) is 0 Å². The number of phenols is 1. The van der Waals surface area contributed by atoms with E-state index in [4.69, 9.17) is 0 Å². The zero-order valence-corrected chi connectivity index (χ0v) is 11.8. The molecule has 21 heavy (non-hydrogen) atoms. The molecule has 4 heteroatoms. The van der Waals surface area contributed by atoms with Gasteiger partial charge >= 0.3 is 0 Å². The number of aromatic hydroxyl groups is 1. The number of aliphatic hydroxyl groups is 1. The van der Waals surface area contributed by atoms with Crippen molar-refractivity contribution in [1.29, 1.82) is 0 Å². The van der Waals surface area contributed by atoms with Crippen LogP contribution in [0.25, 0.3) is 11.1 Å².